The maximum absolute atomic E-state index is 12.3. The van der Waals surface area contributed by atoms with Crippen LogP contribution in [0, 0.1) is 5.92 Å². The Balaban J connectivity index is 4.08. The molecule has 0 amide bonds. The monoisotopic (exact) mass is 250 g/mol. The summed E-state index contributed by atoms with van der Waals surface area (Å²) in [4.78, 5) is 0. The van der Waals surface area contributed by atoms with Crippen molar-refractivity contribution in [2.75, 3.05) is 19.4 Å². The molecule has 0 saturated heterocycles. The SMILES string of the molecule is CCCCOP(=O)(CC(C)C)OCCCC. The fourth-order valence-corrected chi connectivity index (χ4v) is 3.28. The van der Waals surface area contributed by atoms with Crippen LogP contribution in [0.1, 0.15) is 53.4 Å². The Morgan fingerprint density at radius 3 is 1.75 bits per heavy atom. The van der Waals surface area contributed by atoms with Crippen molar-refractivity contribution in [1.82, 2.24) is 0 Å². The molecule has 16 heavy (non-hydrogen) atoms. The average Bonchev–Trinajstić information content (AvgIpc) is 2.17. The summed E-state index contributed by atoms with van der Waals surface area (Å²) in [5, 5.41) is 0. The lowest BCUT2D eigenvalue weighted by atomic mass is 10.3. The zero-order valence-corrected chi connectivity index (χ0v) is 12.1. The molecule has 0 aliphatic rings. The molecule has 0 unspecified atom stereocenters. The first-order valence-corrected chi connectivity index (χ1v) is 8.15. The molecular formula is C12H27O3P. The summed E-state index contributed by atoms with van der Waals surface area (Å²) in [5.41, 5.74) is 0. The first-order chi connectivity index (χ1) is 7.54. The van der Waals surface area contributed by atoms with Gasteiger partial charge in [-0.3, -0.25) is 4.57 Å². The second kappa shape index (κ2) is 9.21. The zero-order chi connectivity index (χ0) is 12.4. The van der Waals surface area contributed by atoms with Crippen molar-refractivity contribution in [1.29, 1.82) is 0 Å². The Kier molecular flexibility index (Phi) is 9.29. The molecule has 0 heterocycles. The van der Waals surface area contributed by atoms with Crippen LogP contribution in [0.4, 0.5) is 0 Å². The smallest absolute Gasteiger partial charge is 0.309 e. The van der Waals surface area contributed by atoms with Gasteiger partial charge in [0.2, 0.25) is 0 Å². The van der Waals surface area contributed by atoms with E-state index in [2.05, 4.69) is 13.8 Å². The van der Waals surface area contributed by atoms with Crippen molar-refractivity contribution in [3.63, 3.8) is 0 Å². The maximum atomic E-state index is 12.3. The summed E-state index contributed by atoms with van der Waals surface area (Å²) in [6.45, 7) is 9.36. The van der Waals surface area contributed by atoms with Crippen LogP contribution in [0.25, 0.3) is 0 Å². The largest absolute Gasteiger partial charge is 0.330 e. The standard InChI is InChI=1S/C12H27O3P/c1-5-7-9-14-16(13,11-12(3)4)15-10-8-6-2/h12H,5-11H2,1-4H3. The summed E-state index contributed by atoms with van der Waals surface area (Å²) in [5.74, 6) is 0.342. The Labute approximate surface area is 100 Å². The molecule has 0 fully saturated rings. The Hall–Kier alpha value is 0.150. The van der Waals surface area contributed by atoms with E-state index in [1.807, 2.05) is 13.8 Å². The van der Waals surface area contributed by atoms with Crippen molar-refractivity contribution >= 4 is 7.60 Å². The first-order valence-electron chi connectivity index (χ1n) is 6.42. The summed E-state index contributed by atoms with van der Waals surface area (Å²) >= 11 is 0. The molecule has 0 bridgehead atoms. The molecule has 98 valence electrons. The summed E-state index contributed by atoms with van der Waals surface area (Å²) < 4.78 is 23.3. The van der Waals surface area contributed by atoms with Crippen LogP contribution >= 0.6 is 7.60 Å². The molecule has 0 aromatic heterocycles. The number of unbranched alkanes of at least 4 members (excludes halogenated alkanes) is 2. The normalized spacial score (nSPS) is 12.3. The van der Waals surface area contributed by atoms with Crippen LogP contribution in [0.3, 0.4) is 0 Å². The van der Waals surface area contributed by atoms with E-state index in [9.17, 15) is 4.57 Å². The molecule has 0 saturated carbocycles. The van der Waals surface area contributed by atoms with Gasteiger partial charge in [0.25, 0.3) is 0 Å². The third-order valence-electron chi connectivity index (χ3n) is 2.16. The van der Waals surface area contributed by atoms with Gasteiger partial charge in [0.05, 0.1) is 19.4 Å². The van der Waals surface area contributed by atoms with Gasteiger partial charge in [-0.1, -0.05) is 40.5 Å². The van der Waals surface area contributed by atoms with Gasteiger partial charge in [-0.2, -0.15) is 0 Å². The summed E-state index contributed by atoms with van der Waals surface area (Å²) in [7, 11) is -2.83. The van der Waals surface area contributed by atoms with Gasteiger partial charge in [0.15, 0.2) is 0 Å². The van der Waals surface area contributed by atoms with Crippen molar-refractivity contribution < 1.29 is 13.6 Å². The van der Waals surface area contributed by atoms with Crippen molar-refractivity contribution in [3.8, 4) is 0 Å². The summed E-state index contributed by atoms with van der Waals surface area (Å²) in [6.07, 6.45) is 4.52. The lowest BCUT2D eigenvalue weighted by Gasteiger charge is -2.20. The highest BCUT2D eigenvalue weighted by Crippen LogP contribution is 2.49. The molecule has 0 aromatic rings. The number of hydrogen-bond acceptors (Lipinski definition) is 3. The highest BCUT2D eigenvalue weighted by atomic mass is 31.2. The second-order valence-electron chi connectivity index (χ2n) is 4.56. The molecule has 0 N–H and O–H groups in total. The summed E-state index contributed by atoms with van der Waals surface area (Å²) in [6, 6.07) is 0. The molecule has 0 radical (unpaired) electrons. The van der Waals surface area contributed by atoms with E-state index in [1.54, 1.807) is 0 Å². The highest BCUT2D eigenvalue weighted by molar-refractivity contribution is 7.53. The van der Waals surface area contributed by atoms with Gasteiger partial charge in [0.1, 0.15) is 0 Å². The van der Waals surface area contributed by atoms with E-state index in [-0.39, 0.29) is 0 Å². The van der Waals surface area contributed by atoms with Crippen molar-refractivity contribution in [2.45, 2.75) is 53.4 Å². The predicted molar refractivity (Wildman–Crippen MR) is 69.0 cm³/mol. The lowest BCUT2D eigenvalue weighted by molar-refractivity contribution is 0.197. The molecular weight excluding hydrogens is 223 g/mol. The van der Waals surface area contributed by atoms with Crippen molar-refractivity contribution in [3.05, 3.63) is 0 Å². The minimum atomic E-state index is -2.83. The fourth-order valence-electron chi connectivity index (χ4n) is 1.29. The van der Waals surface area contributed by atoms with E-state index < -0.39 is 7.60 Å². The van der Waals surface area contributed by atoms with Crippen LogP contribution in [-0.4, -0.2) is 19.4 Å². The Morgan fingerprint density at radius 1 is 1.00 bits per heavy atom. The van der Waals surface area contributed by atoms with Crippen LogP contribution < -0.4 is 0 Å². The van der Waals surface area contributed by atoms with Crippen LogP contribution in [0.2, 0.25) is 0 Å². The topological polar surface area (TPSA) is 35.5 Å². The third kappa shape index (κ3) is 8.32. The van der Waals surface area contributed by atoms with Crippen LogP contribution in [-0.2, 0) is 13.6 Å². The Morgan fingerprint density at radius 2 is 1.44 bits per heavy atom. The van der Waals surface area contributed by atoms with Crippen LogP contribution in [0.5, 0.6) is 0 Å². The van der Waals surface area contributed by atoms with Gasteiger partial charge >= 0.3 is 7.60 Å². The quantitative estimate of drug-likeness (QED) is 0.424. The zero-order valence-electron chi connectivity index (χ0n) is 11.2. The molecule has 0 spiro atoms. The maximum Gasteiger partial charge on any atom is 0.330 e. The van der Waals surface area contributed by atoms with Gasteiger partial charge in [0, 0.05) is 0 Å². The highest BCUT2D eigenvalue weighted by Gasteiger charge is 2.25. The van der Waals surface area contributed by atoms with E-state index in [0.29, 0.717) is 25.3 Å². The lowest BCUT2D eigenvalue weighted by Crippen LogP contribution is -2.06. The molecule has 4 heteroatoms. The molecule has 0 aliphatic heterocycles. The number of hydrogen-bond donors (Lipinski definition) is 0. The van der Waals surface area contributed by atoms with Gasteiger partial charge in [-0.25, -0.2) is 0 Å². The van der Waals surface area contributed by atoms with E-state index >= 15 is 0 Å². The minimum absolute atomic E-state index is 0.342. The molecule has 0 aromatic carbocycles. The first kappa shape index (κ1) is 16.1. The predicted octanol–water partition coefficient (Wildman–Crippen LogP) is 4.47. The molecule has 3 nitrogen and oxygen atoms in total. The van der Waals surface area contributed by atoms with Crippen LogP contribution in [0.15, 0.2) is 0 Å². The minimum Gasteiger partial charge on any atom is -0.309 e. The fraction of sp³-hybridized carbons (Fsp3) is 1.00. The van der Waals surface area contributed by atoms with E-state index in [0.717, 1.165) is 25.7 Å². The van der Waals surface area contributed by atoms with E-state index in [4.69, 9.17) is 9.05 Å². The van der Waals surface area contributed by atoms with E-state index in [1.165, 1.54) is 0 Å². The number of rotatable bonds is 10. The third-order valence-corrected chi connectivity index (χ3v) is 4.49. The van der Waals surface area contributed by atoms with Gasteiger partial charge in [-0.05, 0) is 18.8 Å². The molecule has 0 aliphatic carbocycles. The van der Waals surface area contributed by atoms with Gasteiger partial charge in [-0.15, -0.1) is 0 Å². The van der Waals surface area contributed by atoms with Crippen molar-refractivity contribution in [2.24, 2.45) is 5.92 Å². The Bertz CT molecular complexity index is 190. The average molecular weight is 250 g/mol. The van der Waals surface area contributed by atoms with Gasteiger partial charge < -0.3 is 9.05 Å². The molecule has 0 atom stereocenters. The second-order valence-corrected chi connectivity index (χ2v) is 6.66. The molecule has 0 rings (SSSR count).